The van der Waals surface area contributed by atoms with Crippen molar-refractivity contribution in [1.82, 2.24) is 4.90 Å². The van der Waals surface area contributed by atoms with E-state index in [1.54, 1.807) is 0 Å². The zero-order chi connectivity index (χ0) is 13.7. The Hall–Kier alpha value is -1.55. The lowest BCUT2D eigenvalue weighted by molar-refractivity contribution is 0.0503. The zero-order valence-corrected chi connectivity index (χ0v) is 11.4. The van der Waals surface area contributed by atoms with Crippen molar-refractivity contribution in [3.8, 4) is 0 Å². The fraction of sp³-hybridized carbons (Fsp3) is 0.533. The van der Waals surface area contributed by atoms with Gasteiger partial charge in [-0.2, -0.15) is 0 Å². The van der Waals surface area contributed by atoms with Crippen LogP contribution in [0.25, 0.3) is 0 Å². The van der Waals surface area contributed by atoms with Gasteiger partial charge in [-0.05, 0) is 50.5 Å². The highest BCUT2D eigenvalue weighted by molar-refractivity contribution is 5.94. The Kier molecular flexibility index (Phi) is 4.80. The summed E-state index contributed by atoms with van der Waals surface area (Å²) in [5.74, 6) is 0.0294. The number of carbonyl (C=O) groups excluding carboxylic acids is 1. The molecule has 0 radical (unpaired) electrons. The van der Waals surface area contributed by atoms with Crippen LogP contribution in [0.3, 0.4) is 0 Å². The monoisotopic (exact) mass is 262 g/mol. The highest BCUT2D eigenvalue weighted by atomic mass is 16.3. The fourth-order valence-corrected chi connectivity index (χ4v) is 2.56. The van der Waals surface area contributed by atoms with Gasteiger partial charge >= 0.3 is 0 Å². The Balaban J connectivity index is 2.09. The molecule has 0 saturated carbocycles. The van der Waals surface area contributed by atoms with Gasteiger partial charge in [0, 0.05) is 24.3 Å². The minimum Gasteiger partial charge on any atom is -0.394 e. The third-order valence-electron chi connectivity index (χ3n) is 3.61. The molecule has 2 rings (SSSR count). The summed E-state index contributed by atoms with van der Waals surface area (Å²) in [6, 6.07) is 7.53. The molecule has 0 bridgehead atoms. The summed E-state index contributed by atoms with van der Waals surface area (Å²) < 4.78 is 0. The fourth-order valence-electron chi connectivity index (χ4n) is 2.56. The Bertz CT molecular complexity index is 417. The third-order valence-corrected chi connectivity index (χ3v) is 3.61. The van der Waals surface area contributed by atoms with Crippen LogP contribution in [0.4, 0.5) is 5.69 Å². The van der Waals surface area contributed by atoms with Gasteiger partial charge in [-0.15, -0.1) is 0 Å². The third kappa shape index (κ3) is 3.26. The van der Waals surface area contributed by atoms with E-state index in [4.69, 9.17) is 0 Å². The number of anilines is 1. The van der Waals surface area contributed by atoms with Gasteiger partial charge in [-0.3, -0.25) is 4.79 Å². The zero-order valence-electron chi connectivity index (χ0n) is 11.4. The number of aliphatic hydroxyl groups excluding tert-OH is 1. The van der Waals surface area contributed by atoms with E-state index in [0.717, 1.165) is 38.0 Å². The SMILES string of the molecule is CCNc1ccc(C(=O)N2CCCCC2CO)cc1. The molecule has 1 fully saturated rings. The second-order valence-corrected chi connectivity index (χ2v) is 4.94. The van der Waals surface area contributed by atoms with E-state index >= 15 is 0 Å². The molecule has 2 N–H and O–H groups in total. The minimum atomic E-state index is -0.0188. The van der Waals surface area contributed by atoms with Gasteiger partial charge in [0.1, 0.15) is 0 Å². The van der Waals surface area contributed by atoms with Gasteiger partial charge < -0.3 is 15.3 Å². The number of carbonyl (C=O) groups is 1. The van der Waals surface area contributed by atoms with Crippen LogP contribution in [0.2, 0.25) is 0 Å². The number of hydrogen-bond donors (Lipinski definition) is 2. The summed E-state index contributed by atoms with van der Waals surface area (Å²) in [6.07, 6.45) is 3.02. The van der Waals surface area contributed by atoms with Crippen molar-refractivity contribution >= 4 is 11.6 Å². The van der Waals surface area contributed by atoms with Crippen molar-refractivity contribution in [2.75, 3.05) is 25.0 Å². The summed E-state index contributed by atoms with van der Waals surface area (Å²) in [5.41, 5.74) is 1.72. The van der Waals surface area contributed by atoms with E-state index in [1.807, 2.05) is 36.1 Å². The molecule has 0 aromatic heterocycles. The van der Waals surface area contributed by atoms with E-state index in [0.29, 0.717) is 5.56 Å². The van der Waals surface area contributed by atoms with E-state index in [1.165, 1.54) is 0 Å². The van der Waals surface area contributed by atoms with Crippen LogP contribution in [0.1, 0.15) is 36.5 Å². The van der Waals surface area contributed by atoms with E-state index in [2.05, 4.69) is 5.32 Å². The molecule has 1 atom stereocenters. The van der Waals surface area contributed by atoms with Gasteiger partial charge in [-0.1, -0.05) is 0 Å². The molecule has 0 spiro atoms. The van der Waals surface area contributed by atoms with Gasteiger partial charge in [-0.25, -0.2) is 0 Å². The number of benzene rings is 1. The first kappa shape index (κ1) is 13.9. The van der Waals surface area contributed by atoms with Gasteiger partial charge in [0.2, 0.25) is 0 Å². The second-order valence-electron chi connectivity index (χ2n) is 4.94. The van der Waals surface area contributed by atoms with Crippen molar-refractivity contribution < 1.29 is 9.90 Å². The molecule has 0 aliphatic carbocycles. The molecular weight excluding hydrogens is 240 g/mol. The molecule has 104 valence electrons. The molecule has 1 saturated heterocycles. The first-order chi connectivity index (χ1) is 9.26. The van der Waals surface area contributed by atoms with E-state index in [9.17, 15) is 9.90 Å². The Morgan fingerprint density at radius 3 is 2.74 bits per heavy atom. The number of hydrogen-bond acceptors (Lipinski definition) is 3. The average molecular weight is 262 g/mol. The molecule has 1 aromatic rings. The van der Waals surface area contributed by atoms with E-state index in [-0.39, 0.29) is 18.6 Å². The van der Waals surface area contributed by atoms with Gasteiger partial charge in [0.25, 0.3) is 5.91 Å². The molecule has 4 heteroatoms. The maximum atomic E-state index is 12.4. The number of piperidine rings is 1. The predicted octanol–water partition coefficient (Wildman–Crippen LogP) is 2.11. The van der Waals surface area contributed by atoms with Crippen molar-refractivity contribution in [1.29, 1.82) is 0 Å². The molecule has 1 aliphatic heterocycles. The van der Waals surface area contributed by atoms with Crippen molar-refractivity contribution in [2.45, 2.75) is 32.2 Å². The van der Waals surface area contributed by atoms with Crippen LogP contribution >= 0.6 is 0 Å². The lowest BCUT2D eigenvalue weighted by atomic mass is 10.0. The summed E-state index contributed by atoms with van der Waals surface area (Å²) in [7, 11) is 0. The quantitative estimate of drug-likeness (QED) is 0.873. The summed E-state index contributed by atoms with van der Waals surface area (Å²) >= 11 is 0. The number of rotatable bonds is 4. The normalized spacial score (nSPS) is 19.3. The Labute approximate surface area is 114 Å². The van der Waals surface area contributed by atoms with Crippen LogP contribution in [-0.4, -0.2) is 41.7 Å². The van der Waals surface area contributed by atoms with Crippen LogP contribution in [0.5, 0.6) is 0 Å². The summed E-state index contributed by atoms with van der Waals surface area (Å²) in [5, 5.41) is 12.6. The molecular formula is C15H22N2O2. The smallest absolute Gasteiger partial charge is 0.254 e. The van der Waals surface area contributed by atoms with E-state index < -0.39 is 0 Å². The molecule has 1 aliphatic rings. The molecule has 1 heterocycles. The topological polar surface area (TPSA) is 52.6 Å². The van der Waals surface area contributed by atoms with Crippen LogP contribution < -0.4 is 5.32 Å². The first-order valence-electron chi connectivity index (χ1n) is 7.02. The molecule has 1 amide bonds. The number of likely N-dealkylation sites (tertiary alicyclic amines) is 1. The average Bonchev–Trinajstić information content (AvgIpc) is 2.47. The lowest BCUT2D eigenvalue weighted by Crippen LogP contribution is -2.45. The maximum Gasteiger partial charge on any atom is 0.254 e. The number of nitrogens with zero attached hydrogens (tertiary/aromatic N) is 1. The number of amides is 1. The van der Waals surface area contributed by atoms with Crippen molar-refractivity contribution in [2.24, 2.45) is 0 Å². The largest absolute Gasteiger partial charge is 0.394 e. The second kappa shape index (κ2) is 6.57. The molecule has 1 unspecified atom stereocenters. The number of aliphatic hydroxyl groups is 1. The maximum absolute atomic E-state index is 12.4. The van der Waals surface area contributed by atoms with Crippen LogP contribution in [0, 0.1) is 0 Å². The Morgan fingerprint density at radius 2 is 2.11 bits per heavy atom. The summed E-state index contributed by atoms with van der Waals surface area (Å²) in [4.78, 5) is 14.2. The Morgan fingerprint density at radius 1 is 1.37 bits per heavy atom. The standard InChI is InChI=1S/C15H22N2O2/c1-2-16-13-8-6-12(7-9-13)15(19)17-10-4-3-5-14(17)11-18/h6-9,14,16,18H,2-5,10-11H2,1H3. The molecule has 4 nitrogen and oxygen atoms in total. The highest BCUT2D eigenvalue weighted by Gasteiger charge is 2.26. The minimum absolute atomic E-state index is 0.0188. The van der Waals surface area contributed by atoms with Gasteiger partial charge in [0.05, 0.1) is 12.6 Å². The highest BCUT2D eigenvalue weighted by Crippen LogP contribution is 2.20. The predicted molar refractivity (Wildman–Crippen MR) is 76.4 cm³/mol. The first-order valence-corrected chi connectivity index (χ1v) is 7.02. The molecule has 19 heavy (non-hydrogen) atoms. The molecule has 1 aromatic carbocycles. The number of nitrogens with one attached hydrogen (secondary N) is 1. The van der Waals surface area contributed by atoms with Gasteiger partial charge in [0.15, 0.2) is 0 Å². The van der Waals surface area contributed by atoms with Crippen molar-refractivity contribution in [3.63, 3.8) is 0 Å². The lowest BCUT2D eigenvalue weighted by Gasteiger charge is -2.34. The summed E-state index contributed by atoms with van der Waals surface area (Å²) in [6.45, 7) is 3.71. The van der Waals surface area contributed by atoms with Crippen molar-refractivity contribution in [3.05, 3.63) is 29.8 Å². The van der Waals surface area contributed by atoms with Crippen LogP contribution in [0.15, 0.2) is 24.3 Å². The van der Waals surface area contributed by atoms with Crippen LogP contribution in [-0.2, 0) is 0 Å².